The fraction of sp³-hybridized carbons (Fsp3) is 0.222. The van der Waals surface area contributed by atoms with E-state index >= 15 is 0 Å². The van der Waals surface area contributed by atoms with Gasteiger partial charge in [0.25, 0.3) is 0 Å². The Hall–Kier alpha value is -2.09. The van der Waals surface area contributed by atoms with Crippen molar-refractivity contribution in [3.63, 3.8) is 0 Å². The predicted octanol–water partition coefficient (Wildman–Crippen LogP) is 3.63. The van der Waals surface area contributed by atoms with Crippen LogP contribution in [0.3, 0.4) is 0 Å². The number of anilines is 1. The second-order valence-corrected chi connectivity index (χ2v) is 7.16. The molecule has 0 amide bonds. The normalized spacial score (nSPS) is 22.9. The number of rotatable bonds is 4. The molecule has 6 heteroatoms. The highest BCUT2D eigenvalue weighted by Gasteiger charge is 2.44. The summed E-state index contributed by atoms with van der Waals surface area (Å²) in [5.41, 5.74) is 0.761. The number of cyclic esters (lactones) is 1. The van der Waals surface area contributed by atoms with Gasteiger partial charge in [-0.1, -0.05) is 30.3 Å². The lowest BCUT2D eigenvalue weighted by atomic mass is 9.91. The number of carbonyl (C=O) groups is 2. The van der Waals surface area contributed by atoms with E-state index in [0.29, 0.717) is 12.1 Å². The highest BCUT2D eigenvalue weighted by atomic mass is 127. The number of carboxylic acids is 1. The average Bonchev–Trinajstić information content (AvgIpc) is 2.85. The zero-order valence-corrected chi connectivity index (χ0v) is 15.1. The number of esters is 1. The summed E-state index contributed by atoms with van der Waals surface area (Å²) in [5.74, 6) is -1.41. The average molecular weight is 437 g/mol. The summed E-state index contributed by atoms with van der Waals surface area (Å²) < 4.78 is 6.41. The van der Waals surface area contributed by atoms with Gasteiger partial charge in [0, 0.05) is 15.7 Å². The third-order valence-corrected chi connectivity index (χ3v) is 4.80. The number of hydrogen-bond acceptors (Lipinski definition) is 4. The highest BCUT2D eigenvalue weighted by molar-refractivity contribution is 14.1. The van der Waals surface area contributed by atoms with Gasteiger partial charge in [0.05, 0.1) is 5.56 Å². The van der Waals surface area contributed by atoms with Gasteiger partial charge in [-0.25, -0.2) is 9.59 Å². The molecule has 1 heterocycles. The van der Waals surface area contributed by atoms with Crippen LogP contribution in [0.5, 0.6) is 0 Å². The quantitative estimate of drug-likeness (QED) is 0.565. The van der Waals surface area contributed by atoms with Crippen LogP contribution in [-0.4, -0.2) is 23.1 Å². The third-order valence-electron chi connectivity index (χ3n) is 4.13. The number of halogens is 1. The van der Waals surface area contributed by atoms with E-state index in [2.05, 4.69) is 27.9 Å². The minimum absolute atomic E-state index is 0.142. The number of carbonyl (C=O) groups excluding carboxylic acids is 1. The SMILES string of the molecule is C[C@]1(c2ccccc2)C[C@H](Nc2ccc(I)cc2C(=O)O)C(=O)O1. The van der Waals surface area contributed by atoms with Gasteiger partial charge in [-0.15, -0.1) is 0 Å². The van der Waals surface area contributed by atoms with Crippen molar-refractivity contribution < 1.29 is 19.4 Å². The summed E-state index contributed by atoms with van der Waals surface area (Å²) in [7, 11) is 0. The first-order valence-corrected chi connectivity index (χ1v) is 8.55. The van der Waals surface area contributed by atoms with Crippen LogP contribution in [0.25, 0.3) is 0 Å². The van der Waals surface area contributed by atoms with E-state index in [-0.39, 0.29) is 11.5 Å². The van der Waals surface area contributed by atoms with Crippen molar-refractivity contribution in [1.82, 2.24) is 0 Å². The molecule has 0 unspecified atom stereocenters. The van der Waals surface area contributed by atoms with Gasteiger partial charge in [-0.2, -0.15) is 0 Å². The molecule has 0 aliphatic carbocycles. The molecule has 24 heavy (non-hydrogen) atoms. The first kappa shape index (κ1) is 16.8. The van der Waals surface area contributed by atoms with E-state index in [4.69, 9.17) is 4.74 Å². The molecule has 0 bridgehead atoms. The van der Waals surface area contributed by atoms with Gasteiger partial charge >= 0.3 is 11.9 Å². The Bertz CT molecular complexity index is 793. The van der Waals surface area contributed by atoms with Crippen LogP contribution < -0.4 is 5.32 Å². The van der Waals surface area contributed by atoms with Crippen molar-refractivity contribution in [3.05, 3.63) is 63.2 Å². The van der Waals surface area contributed by atoms with E-state index in [0.717, 1.165) is 9.13 Å². The maximum Gasteiger partial charge on any atom is 0.337 e. The van der Waals surface area contributed by atoms with Crippen LogP contribution in [-0.2, 0) is 15.1 Å². The van der Waals surface area contributed by atoms with Gasteiger partial charge in [-0.05, 0) is 53.3 Å². The molecule has 3 rings (SSSR count). The fourth-order valence-corrected chi connectivity index (χ4v) is 3.38. The molecule has 0 aromatic heterocycles. The Kier molecular flexibility index (Phi) is 4.49. The predicted molar refractivity (Wildman–Crippen MR) is 98.0 cm³/mol. The van der Waals surface area contributed by atoms with Gasteiger partial charge < -0.3 is 15.2 Å². The van der Waals surface area contributed by atoms with Crippen LogP contribution in [0.15, 0.2) is 48.5 Å². The van der Waals surface area contributed by atoms with Crippen molar-refractivity contribution in [2.24, 2.45) is 0 Å². The summed E-state index contributed by atoms with van der Waals surface area (Å²) in [6.45, 7) is 1.87. The standard InChI is InChI=1S/C18H16INO4/c1-18(11-5-3-2-4-6-11)10-15(17(23)24-18)20-14-8-7-12(19)9-13(14)16(21)22/h2-9,15,20H,10H2,1H3,(H,21,22)/t15-,18+/m0/s1. The molecular weight excluding hydrogens is 421 g/mol. The van der Waals surface area contributed by atoms with Crippen molar-refractivity contribution in [2.45, 2.75) is 25.0 Å². The topological polar surface area (TPSA) is 75.6 Å². The molecule has 2 N–H and O–H groups in total. The molecule has 1 aliphatic heterocycles. The summed E-state index contributed by atoms with van der Waals surface area (Å²) in [6.07, 6.45) is 0.431. The molecule has 0 radical (unpaired) electrons. The summed E-state index contributed by atoms with van der Waals surface area (Å²) in [5, 5.41) is 12.4. The molecule has 0 saturated carbocycles. The number of nitrogens with one attached hydrogen (secondary N) is 1. The van der Waals surface area contributed by atoms with E-state index in [1.807, 2.05) is 37.3 Å². The first-order chi connectivity index (χ1) is 11.4. The minimum atomic E-state index is -1.03. The number of hydrogen-bond donors (Lipinski definition) is 2. The molecule has 1 fully saturated rings. The van der Waals surface area contributed by atoms with Crippen molar-refractivity contribution >= 4 is 40.2 Å². The largest absolute Gasteiger partial charge is 0.478 e. The van der Waals surface area contributed by atoms with Gasteiger partial charge in [0.1, 0.15) is 11.6 Å². The van der Waals surface area contributed by atoms with E-state index in [1.54, 1.807) is 18.2 Å². The van der Waals surface area contributed by atoms with Crippen LogP contribution in [0.4, 0.5) is 5.69 Å². The Morgan fingerprint density at radius 3 is 2.67 bits per heavy atom. The van der Waals surface area contributed by atoms with Crippen LogP contribution in [0.2, 0.25) is 0 Å². The molecule has 2 atom stereocenters. The lowest BCUT2D eigenvalue weighted by Gasteiger charge is -2.23. The number of benzene rings is 2. The maximum absolute atomic E-state index is 12.3. The molecule has 2 aromatic rings. The molecule has 1 saturated heterocycles. The second kappa shape index (κ2) is 6.43. The van der Waals surface area contributed by atoms with E-state index < -0.39 is 17.6 Å². The molecule has 0 spiro atoms. The van der Waals surface area contributed by atoms with Crippen LogP contribution in [0.1, 0.15) is 29.3 Å². The zero-order chi connectivity index (χ0) is 17.3. The first-order valence-electron chi connectivity index (χ1n) is 7.47. The van der Waals surface area contributed by atoms with Crippen molar-refractivity contribution in [3.8, 4) is 0 Å². The Labute approximate surface area is 153 Å². The van der Waals surface area contributed by atoms with E-state index in [1.165, 1.54) is 0 Å². The smallest absolute Gasteiger partial charge is 0.337 e. The second-order valence-electron chi connectivity index (χ2n) is 5.91. The number of ether oxygens (including phenoxy) is 1. The Morgan fingerprint density at radius 2 is 2.00 bits per heavy atom. The fourth-order valence-electron chi connectivity index (χ4n) is 2.89. The van der Waals surface area contributed by atoms with Crippen molar-refractivity contribution in [1.29, 1.82) is 0 Å². The summed E-state index contributed by atoms with van der Waals surface area (Å²) in [6, 6.07) is 14.0. The lowest BCUT2D eigenvalue weighted by Crippen LogP contribution is -2.26. The number of carboxylic acid groups (broad SMARTS) is 1. The molecular formula is C18H16INO4. The zero-order valence-electron chi connectivity index (χ0n) is 13.0. The molecule has 124 valence electrons. The molecule has 5 nitrogen and oxygen atoms in total. The highest BCUT2D eigenvalue weighted by Crippen LogP contribution is 2.37. The van der Waals surface area contributed by atoms with Crippen LogP contribution in [0, 0.1) is 3.57 Å². The van der Waals surface area contributed by atoms with Crippen molar-refractivity contribution in [2.75, 3.05) is 5.32 Å². The Balaban J connectivity index is 1.85. The number of aromatic carboxylic acids is 1. The lowest BCUT2D eigenvalue weighted by molar-refractivity contribution is -0.148. The molecule has 1 aliphatic rings. The van der Waals surface area contributed by atoms with Crippen LogP contribution >= 0.6 is 22.6 Å². The van der Waals surface area contributed by atoms with E-state index in [9.17, 15) is 14.7 Å². The van der Waals surface area contributed by atoms with Gasteiger partial charge in [-0.3, -0.25) is 0 Å². The maximum atomic E-state index is 12.3. The third kappa shape index (κ3) is 3.24. The Morgan fingerprint density at radius 1 is 1.29 bits per heavy atom. The summed E-state index contributed by atoms with van der Waals surface area (Å²) in [4.78, 5) is 23.7. The van der Waals surface area contributed by atoms with Gasteiger partial charge in [0.2, 0.25) is 0 Å². The van der Waals surface area contributed by atoms with Gasteiger partial charge in [0.15, 0.2) is 0 Å². The summed E-state index contributed by atoms with van der Waals surface area (Å²) >= 11 is 2.05. The molecule has 2 aromatic carbocycles. The monoisotopic (exact) mass is 437 g/mol. The minimum Gasteiger partial charge on any atom is -0.478 e.